The van der Waals surface area contributed by atoms with Gasteiger partial charge in [0, 0.05) is 30.7 Å². The van der Waals surface area contributed by atoms with Gasteiger partial charge in [0.05, 0.1) is 0 Å². The van der Waals surface area contributed by atoms with E-state index in [1.54, 1.807) is 30.6 Å². The van der Waals surface area contributed by atoms with Gasteiger partial charge in [-0.15, -0.1) is 0 Å². The Balaban J connectivity index is 1.40. The van der Waals surface area contributed by atoms with Crippen molar-refractivity contribution >= 4 is 11.7 Å². The van der Waals surface area contributed by atoms with Crippen molar-refractivity contribution in [2.24, 2.45) is 0 Å². The van der Waals surface area contributed by atoms with E-state index in [1.807, 2.05) is 23.1 Å². The molecule has 6 heteroatoms. The maximum atomic E-state index is 12.8. The Labute approximate surface area is 164 Å². The number of nitrogens with one attached hydrogen (secondary N) is 1. The molecular formula is C22H22N4O2. The zero-order chi connectivity index (χ0) is 19.3. The third-order valence-corrected chi connectivity index (χ3v) is 4.54. The molecule has 28 heavy (non-hydrogen) atoms. The van der Waals surface area contributed by atoms with E-state index in [0.29, 0.717) is 18.3 Å². The van der Waals surface area contributed by atoms with E-state index < -0.39 is 0 Å². The average molecular weight is 374 g/mol. The number of amides is 2. The highest BCUT2D eigenvalue weighted by molar-refractivity contribution is 5.89. The molecule has 1 N–H and O–H groups in total. The van der Waals surface area contributed by atoms with Crippen LogP contribution in [0.1, 0.15) is 24.0 Å². The number of anilines is 1. The number of hydrogen-bond acceptors (Lipinski definition) is 4. The minimum atomic E-state index is -0.0796. The molecule has 1 aliphatic rings. The Morgan fingerprint density at radius 2 is 1.86 bits per heavy atom. The molecule has 0 unspecified atom stereocenters. The Morgan fingerprint density at radius 1 is 1.11 bits per heavy atom. The topological polar surface area (TPSA) is 67.4 Å². The number of benzene rings is 2. The van der Waals surface area contributed by atoms with Gasteiger partial charge < -0.3 is 15.0 Å². The lowest BCUT2D eigenvalue weighted by molar-refractivity contribution is 0.206. The van der Waals surface area contributed by atoms with Crippen molar-refractivity contribution in [2.45, 2.75) is 32.4 Å². The van der Waals surface area contributed by atoms with E-state index in [4.69, 9.17) is 4.74 Å². The summed E-state index contributed by atoms with van der Waals surface area (Å²) in [6.45, 7) is 2.68. The van der Waals surface area contributed by atoms with Crippen LogP contribution >= 0.6 is 0 Å². The predicted molar refractivity (Wildman–Crippen MR) is 107 cm³/mol. The molecule has 1 aliphatic carbocycles. The first-order valence-corrected chi connectivity index (χ1v) is 9.35. The van der Waals surface area contributed by atoms with Gasteiger partial charge in [-0.3, -0.25) is 0 Å². The van der Waals surface area contributed by atoms with Gasteiger partial charge in [0.25, 0.3) is 0 Å². The number of aromatic nitrogens is 2. The normalized spacial score (nSPS) is 13.0. The molecule has 4 rings (SSSR count). The van der Waals surface area contributed by atoms with Crippen molar-refractivity contribution in [2.75, 3.05) is 5.32 Å². The van der Waals surface area contributed by atoms with Crippen molar-refractivity contribution in [1.29, 1.82) is 0 Å². The van der Waals surface area contributed by atoms with Gasteiger partial charge in [-0.1, -0.05) is 29.8 Å². The van der Waals surface area contributed by atoms with Crippen molar-refractivity contribution < 1.29 is 9.53 Å². The lowest BCUT2D eigenvalue weighted by atomic mass is 10.1. The van der Waals surface area contributed by atoms with Gasteiger partial charge in [0.15, 0.2) is 0 Å². The summed E-state index contributed by atoms with van der Waals surface area (Å²) in [5.41, 5.74) is 3.07. The molecule has 1 fully saturated rings. The average Bonchev–Trinajstić information content (AvgIpc) is 3.53. The van der Waals surface area contributed by atoms with Crippen molar-refractivity contribution in [3.63, 3.8) is 0 Å². The Hall–Kier alpha value is -3.41. The fraction of sp³-hybridized carbons (Fsp3) is 0.227. The zero-order valence-electron chi connectivity index (χ0n) is 15.7. The first-order valence-electron chi connectivity index (χ1n) is 9.35. The van der Waals surface area contributed by atoms with Crippen LogP contribution in [0, 0.1) is 6.92 Å². The Kier molecular flexibility index (Phi) is 5.19. The number of urea groups is 1. The Morgan fingerprint density at radius 3 is 2.54 bits per heavy atom. The van der Waals surface area contributed by atoms with Crippen LogP contribution in [0.15, 0.2) is 67.0 Å². The highest BCUT2D eigenvalue weighted by Gasteiger charge is 2.32. The Bertz CT molecular complexity index is 940. The number of aryl methyl sites for hydroxylation is 1. The molecule has 1 aromatic heterocycles. The highest BCUT2D eigenvalue weighted by Crippen LogP contribution is 2.29. The molecule has 2 aromatic carbocycles. The minimum Gasteiger partial charge on any atom is -0.424 e. The minimum absolute atomic E-state index is 0.0796. The van der Waals surface area contributed by atoms with Crippen molar-refractivity contribution in [3.8, 4) is 11.8 Å². The molecule has 142 valence electrons. The number of carbonyl (C=O) groups is 1. The summed E-state index contributed by atoms with van der Waals surface area (Å²) < 4.78 is 5.58. The monoisotopic (exact) mass is 374 g/mol. The fourth-order valence-electron chi connectivity index (χ4n) is 3.01. The summed E-state index contributed by atoms with van der Waals surface area (Å²) in [5, 5.41) is 2.99. The number of hydrogen-bond donors (Lipinski definition) is 1. The molecule has 0 radical (unpaired) electrons. The quantitative estimate of drug-likeness (QED) is 0.675. The maximum absolute atomic E-state index is 12.8. The van der Waals surface area contributed by atoms with Gasteiger partial charge in [-0.25, -0.2) is 14.8 Å². The van der Waals surface area contributed by atoms with Crippen LogP contribution in [0.25, 0.3) is 0 Å². The SMILES string of the molecule is Cc1cccc(CN(C(=O)Nc2ccc(Oc3ncccn3)cc2)C2CC2)c1. The van der Waals surface area contributed by atoms with E-state index in [0.717, 1.165) is 24.1 Å². The van der Waals surface area contributed by atoms with Crippen LogP contribution in [0.3, 0.4) is 0 Å². The smallest absolute Gasteiger partial charge is 0.322 e. The lowest BCUT2D eigenvalue weighted by Crippen LogP contribution is -2.36. The lowest BCUT2D eigenvalue weighted by Gasteiger charge is -2.23. The second kappa shape index (κ2) is 8.08. The molecule has 0 saturated heterocycles. The van der Waals surface area contributed by atoms with Crippen LogP contribution in [0.5, 0.6) is 11.8 Å². The largest absolute Gasteiger partial charge is 0.424 e. The van der Waals surface area contributed by atoms with Crippen LogP contribution in [-0.4, -0.2) is 26.9 Å². The number of rotatable bonds is 6. The molecule has 3 aromatic rings. The van der Waals surface area contributed by atoms with E-state index in [-0.39, 0.29) is 12.0 Å². The summed E-state index contributed by atoms with van der Waals surface area (Å²) in [6.07, 6.45) is 5.36. The van der Waals surface area contributed by atoms with E-state index in [1.165, 1.54) is 5.56 Å². The predicted octanol–water partition coefficient (Wildman–Crippen LogP) is 4.77. The number of nitrogens with zero attached hydrogens (tertiary/aromatic N) is 3. The van der Waals surface area contributed by atoms with Gasteiger partial charge in [0.2, 0.25) is 0 Å². The van der Waals surface area contributed by atoms with Crippen molar-refractivity contribution in [3.05, 3.63) is 78.1 Å². The van der Waals surface area contributed by atoms with Crippen molar-refractivity contribution in [1.82, 2.24) is 14.9 Å². The van der Waals surface area contributed by atoms with E-state index >= 15 is 0 Å². The van der Waals surface area contributed by atoms with Crippen LogP contribution in [0.4, 0.5) is 10.5 Å². The fourth-order valence-corrected chi connectivity index (χ4v) is 3.01. The van der Waals surface area contributed by atoms with Gasteiger partial charge >= 0.3 is 12.0 Å². The third-order valence-electron chi connectivity index (χ3n) is 4.54. The molecule has 6 nitrogen and oxygen atoms in total. The highest BCUT2D eigenvalue weighted by atomic mass is 16.5. The standard InChI is InChI=1S/C22H22N4O2/c1-16-4-2-5-17(14-16)15-26(19-8-9-19)22(27)25-18-6-10-20(11-7-18)28-21-23-12-3-13-24-21/h2-7,10-14,19H,8-9,15H2,1H3,(H,25,27). The van der Waals surface area contributed by atoms with Crippen LogP contribution in [-0.2, 0) is 6.54 Å². The summed E-state index contributed by atoms with van der Waals surface area (Å²) in [6, 6.07) is 17.7. The number of carbonyl (C=O) groups excluding carboxylic acids is 1. The molecule has 1 saturated carbocycles. The molecule has 0 spiro atoms. The molecular weight excluding hydrogens is 352 g/mol. The van der Waals surface area contributed by atoms with Crippen LogP contribution < -0.4 is 10.1 Å². The first kappa shape index (κ1) is 18.0. The molecule has 2 amide bonds. The van der Waals surface area contributed by atoms with E-state index in [2.05, 4.69) is 40.4 Å². The van der Waals surface area contributed by atoms with E-state index in [9.17, 15) is 4.79 Å². The zero-order valence-corrected chi connectivity index (χ0v) is 15.7. The second-order valence-corrected chi connectivity index (χ2v) is 6.94. The van der Waals surface area contributed by atoms with Gasteiger partial charge in [0.1, 0.15) is 5.75 Å². The number of ether oxygens (including phenoxy) is 1. The second-order valence-electron chi connectivity index (χ2n) is 6.94. The molecule has 1 heterocycles. The summed E-state index contributed by atoms with van der Waals surface area (Å²) >= 11 is 0. The summed E-state index contributed by atoms with van der Waals surface area (Å²) in [7, 11) is 0. The summed E-state index contributed by atoms with van der Waals surface area (Å²) in [4.78, 5) is 22.8. The first-order chi connectivity index (χ1) is 13.7. The molecule has 0 atom stereocenters. The third kappa shape index (κ3) is 4.65. The van der Waals surface area contributed by atoms with Gasteiger partial charge in [-0.2, -0.15) is 0 Å². The van der Waals surface area contributed by atoms with Crippen LogP contribution in [0.2, 0.25) is 0 Å². The molecule has 0 aliphatic heterocycles. The maximum Gasteiger partial charge on any atom is 0.322 e. The summed E-state index contributed by atoms with van der Waals surface area (Å²) in [5.74, 6) is 0.614. The van der Waals surface area contributed by atoms with Gasteiger partial charge in [-0.05, 0) is 55.7 Å². The molecule has 0 bridgehead atoms.